The quantitative estimate of drug-likeness (QED) is 0.813. The Morgan fingerprint density at radius 3 is 2.40 bits per heavy atom. The average Bonchev–Trinajstić information content (AvgIpc) is 3.40. The number of aliphatic hydroxyl groups excluding tert-OH is 1. The Morgan fingerprint density at radius 1 is 1.16 bits per heavy atom. The molecule has 1 aliphatic rings. The average molecular weight is 342 g/mol. The molecule has 0 aromatic heterocycles. The van der Waals surface area contributed by atoms with Gasteiger partial charge in [-0.3, -0.25) is 9.69 Å². The van der Waals surface area contributed by atoms with Crippen LogP contribution in [0.25, 0.3) is 0 Å². The van der Waals surface area contributed by atoms with Crippen LogP contribution >= 0.6 is 0 Å². The lowest BCUT2D eigenvalue weighted by molar-refractivity contribution is -0.126. The molecule has 0 saturated heterocycles. The lowest BCUT2D eigenvalue weighted by Crippen LogP contribution is -2.41. The fourth-order valence-corrected chi connectivity index (χ4v) is 2.92. The molecule has 3 rings (SSSR count). The number of likely N-dealkylation sites (N-methyl/N-ethyl adjacent to an activating group) is 1. The molecule has 25 heavy (non-hydrogen) atoms. The minimum atomic E-state index is -0.800. The third kappa shape index (κ3) is 4.65. The fraction of sp³-hybridized carbons (Fsp3) is 0.350. The molecule has 1 fully saturated rings. The number of benzene rings is 2. The molecule has 4 nitrogen and oxygen atoms in total. The number of rotatable bonds is 7. The van der Waals surface area contributed by atoms with Crippen LogP contribution in [-0.4, -0.2) is 35.5 Å². The summed E-state index contributed by atoms with van der Waals surface area (Å²) in [5, 5.41) is 13.5. The summed E-state index contributed by atoms with van der Waals surface area (Å²) in [6, 6.07) is 15.1. The molecular formula is C20H23FN2O2. The van der Waals surface area contributed by atoms with Crippen molar-refractivity contribution in [2.75, 3.05) is 13.6 Å². The molecule has 1 amide bonds. The van der Waals surface area contributed by atoms with Crippen molar-refractivity contribution >= 4 is 5.91 Å². The van der Waals surface area contributed by atoms with Gasteiger partial charge >= 0.3 is 0 Å². The Morgan fingerprint density at radius 2 is 1.80 bits per heavy atom. The highest BCUT2D eigenvalue weighted by Gasteiger charge is 2.31. The summed E-state index contributed by atoms with van der Waals surface area (Å²) in [4.78, 5) is 14.5. The van der Waals surface area contributed by atoms with Crippen molar-refractivity contribution in [1.82, 2.24) is 10.2 Å². The molecule has 0 spiro atoms. The summed E-state index contributed by atoms with van der Waals surface area (Å²) in [7, 11) is 1.82. The SMILES string of the molecule is CN(CC(O)c1ccc(F)cc1)C(C(=O)NC1CC1)c1ccccc1. The van der Waals surface area contributed by atoms with Crippen LogP contribution in [0.5, 0.6) is 0 Å². The second-order valence-corrected chi connectivity index (χ2v) is 6.60. The van der Waals surface area contributed by atoms with Gasteiger partial charge in [0.25, 0.3) is 0 Å². The molecule has 132 valence electrons. The maximum absolute atomic E-state index is 13.1. The van der Waals surface area contributed by atoms with Gasteiger partial charge in [-0.1, -0.05) is 42.5 Å². The number of carbonyl (C=O) groups excluding carboxylic acids is 1. The van der Waals surface area contributed by atoms with Crippen molar-refractivity contribution < 1.29 is 14.3 Å². The van der Waals surface area contributed by atoms with Gasteiger partial charge in [0.15, 0.2) is 0 Å². The summed E-state index contributed by atoms with van der Waals surface area (Å²) in [6.07, 6.45) is 1.25. The van der Waals surface area contributed by atoms with E-state index in [2.05, 4.69) is 5.32 Å². The minimum absolute atomic E-state index is 0.0532. The molecule has 2 aromatic rings. The van der Waals surface area contributed by atoms with Crippen LogP contribution < -0.4 is 5.32 Å². The van der Waals surface area contributed by atoms with Gasteiger partial charge in [0.2, 0.25) is 5.91 Å². The van der Waals surface area contributed by atoms with Crippen molar-refractivity contribution in [3.05, 3.63) is 71.5 Å². The lowest BCUT2D eigenvalue weighted by Gasteiger charge is -2.29. The first-order valence-corrected chi connectivity index (χ1v) is 8.53. The van der Waals surface area contributed by atoms with E-state index in [0.717, 1.165) is 18.4 Å². The number of aliphatic hydroxyl groups is 1. The molecule has 2 unspecified atom stereocenters. The third-order valence-electron chi connectivity index (χ3n) is 4.44. The first-order valence-electron chi connectivity index (χ1n) is 8.53. The van der Waals surface area contributed by atoms with E-state index in [1.54, 1.807) is 12.1 Å². The smallest absolute Gasteiger partial charge is 0.242 e. The number of carbonyl (C=O) groups is 1. The van der Waals surface area contributed by atoms with Gasteiger partial charge in [0, 0.05) is 12.6 Å². The molecule has 5 heteroatoms. The molecule has 1 aliphatic carbocycles. The van der Waals surface area contributed by atoms with Gasteiger partial charge < -0.3 is 10.4 Å². The molecule has 2 atom stereocenters. The van der Waals surface area contributed by atoms with Gasteiger partial charge in [-0.15, -0.1) is 0 Å². The topological polar surface area (TPSA) is 52.6 Å². The van der Waals surface area contributed by atoms with E-state index in [9.17, 15) is 14.3 Å². The van der Waals surface area contributed by atoms with Gasteiger partial charge in [0.1, 0.15) is 11.9 Å². The lowest BCUT2D eigenvalue weighted by atomic mass is 10.0. The summed E-state index contributed by atoms with van der Waals surface area (Å²) >= 11 is 0. The monoisotopic (exact) mass is 342 g/mol. The Hall–Kier alpha value is -2.24. The highest BCUT2D eigenvalue weighted by Crippen LogP contribution is 2.26. The van der Waals surface area contributed by atoms with E-state index in [4.69, 9.17) is 0 Å². The first-order chi connectivity index (χ1) is 12.0. The van der Waals surface area contributed by atoms with Crippen molar-refractivity contribution in [2.45, 2.75) is 31.0 Å². The van der Waals surface area contributed by atoms with Crippen molar-refractivity contribution in [3.8, 4) is 0 Å². The maximum atomic E-state index is 13.1. The maximum Gasteiger partial charge on any atom is 0.242 e. The Bertz CT molecular complexity index is 701. The number of halogens is 1. The third-order valence-corrected chi connectivity index (χ3v) is 4.44. The number of nitrogens with one attached hydrogen (secondary N) is 1. The van der Waals surface area contributed by atoms with E-state index in [-0.39, 0.29) is 24.3 Å². The van der Waals surface area contributed by atoms with E-state index < -0.39 is 12.1 Å². The first kappa shape index (κ1) is 17.6. The number of nitrogens with zero attached hydrogens (tertiary/aromatic N) is 1. The molecule has 1 saturated carbocycles. The van der Waals surface area contributed by atoms with Crippen molar-refractivity contribution in [2.24, 2.45) is 0 Å². The minimum Gasteiger partial charge on any atom is -0.387 e. The molecule has 2 aromatic carbocycles. The van der Waals surface area contributed by atoms with Crippen LogP contribution in [0.15, 0.2) is 54.6 Å². The zero-order valence-corrected chi connectivity index (χ0v) is 14.2. The molecule has 0 heterocycles. The Labute approximate surface area is 147 Å². The van der Waals surface area contributed by atoms with E-state index in [1.807, 2.05) is 42.3 Å². The highest BCUT2D eigenvalue weighted by molar-refractivity contribution is 5.83. The van der Waals surface area contributed by atoms with Crippen LogP contribution in [0.4, 0.5) is 4.39 Å². The van der Waals surface area contributed by atoms with Crippen LogP contribution in [0.1, 0.15) is 36.1 Å². The fourth-order valence-electron chi connectivity index (χ4n) is 2.92. The molecule has 2 N–H and O–H groups in total. The highest BCUT2D eigenvalue weighted by atomic mass is 19.1. The largest absolute Gasteiger partial charge is 0.387 e. The summed E-state index contributed by atoms with van der Waals surface area (Å²) in [5.74, 6) is -0.391. The second kappa shape index (κ2) is 7.76. The predicted octanol–water partition coefficient (Wildman–Crippen LogP) is 2.81. The normalized spacial score (nSPS) is 16.5. The summed E-state index contributed by atoms with van der Waals surface area (Å²) in [5.41, 5.74) is 1.51. The van der Waals surface area contributed by atoms with Crippen molar-refractivity contribution in [1.29, 1.82) is 0 Å². The number of hydrogen-bond donors (Lipinski definition) is 2. The van der Waals surface area contributed by atoms with E-state index in [0.29, 0.717) is 5.56 Å². The number of amides is 1. The Balaban J connectivity index is 1.74. The standard InChI is InChI=1S/C20H23FN2O2/c1-23(13-18(24)14-7-9-16(21)10-8-14)19(15-5-3-2-4-6-15)20(25)22-17-11-12-17/h2-10,17-19,24H,11-13H2,1H3,(H,22,25). The summed E-state index contributed by atoms with van der Waals surface area (Å²) < 4.78 is 13.1. The van der Waals surface area contributed by atoms with Gasteiger partial charge in [-0.2, -0.15) is 0 Å². The Kier molecular flexibility index (Phi) is 5.46. The zero-order valence-electron chi connectivity index (χ0n) is 14.2. The van der Waals surface area contributed by atoms with Crippen LogP contribution in [0.3, 0.4) is 0 Å². The van der Waals surface area contributed by atoms with Crippen molar-refractivity contribution in [3.63, 3.8) is 0 Å². The summed E-state index contributed by atoms with van der Waals surface area (Å²) in [6.45, 7) is 0.267. The molecule has 0 aliphatic heterocycles. The van der Waals surface area contributed by atoms with E-state index in [1.165, 1.54) is 12.1 Å². The zero-order chi connectivity index (χ0) is 17.8. The van der Waals surface area contributed by atoms with Gasteiger partial charge in [-0.25, -0.2) is 4.39 Å². The van der Waals surface area contributed by atoms with Crippen LogP contribution in [-0.2, 0) is 4.79 Å². The molecule has 0 radical (unpaired) electrons. The second-order valence-electron chi connectivity index (χ2n) is 6.60. The number of hydrogen-bond acceptors (Lipinski definition) is 3. The predicted molar refractivity (Wildman–Crippen MR) is 94.3 cm³/mol. The van der Waals surface area contributed by atoms with E-state index >= 15 is 0 Å². The van der Waals surface area contributed by atoms with Gasteiger partial charge in [0.05, 0.1) is 6.10 Å². The molecular weight excluding hydrogens is 319 g/mol. The van der Waals surface area contributed by atoms with Crippen LogP contribution in [0.2, 0.25) is 0 Å². The van der Waals surface area contributed by atoms with Gasteiger partial charge in [-0.05, 0) is 43.1 Å². The molecule has 0 bridgehead atoms. The van der Waals surface area contributed by atoms with Crippen LogP contribution in [0, 0.1) is 5.82 Å².